The first-order valence-corrected chi connectivity index (χ1v) is 7.97. The van der Waals surface area contributed by atoms with E-state index in [-0.39, 0.29) is 0 Å². The largest absolute Gasteiger partial charge is 0.349 e. The highest BCUT2D eigenvalue weighted by Gasteiger charge is 2.13. The lowest BCUT2D eigenvalue weighted by atomic mass is 10.1. The second-order valence-corrected chi connectivity index (χ2v) is 6.95. The van der Waals surface area contributed by atoms with Crippen molar-refractivity contribution in [1.82, 2.24) is 4.90 Å². The smallest absolute Gasteiger partial charge is 0.173 e. The highest BCUT2D eigenvalue weighted by molar-refractivity contribution is 7.80. The van der Waals surface area contributed by atoms with E-state index in [1.54, 1.807) is 12.1 Å². The van der Waals surface area contributed by atoms with E-state index in [2.05, 4.69) is 37.9 Å². The average molecular weight is 333 g/mol. The third-order valence-corrected chi connectivity index (χ3v) is 3.73. The van der Waals surface area contributed by atoms with Crippen LogP contribution in [-0.4, -0.2) is 23.1 Å². The molecule has 0 radical (unpaired) electrons. The molecule has 0 saturated carbocycles. The summed E-state index contributed by atoms with van der Waals surface area (Å²) in [6.07, 6.45) is 0. The van der Waals surface area contributed by atoms with Crippen molar-refractivity contribution in [3.8, 4) is 0 Å². The van der Waals surface area contributed by atoms with E-state index in [1.807, 2.05) is 6.07 Å². The Labute approximate surface area is 137 Å². The Morgan fingerprint density at radius 1 is 1.10 bits per heavy atom. The third kappa shape index (κ3) is 5.86. The van der Waals surface area contributed by atoms with Crippen molar-refractivity contribution in [3.05, 3.63) is 28.2 Å². The minimum absolute atomic E-state index is 0.527. The van der Waals surface area contributed by atoms with Crippen LogP contribution < -0.4 is 5.32 Å². The molecule has 0 fully saturated rings. The van der Waals surface area contributed by atoms with Gasteiger partial charge >= 0.3 is 0 Å². The van der Waals surface area contributed by atoms with Gasteiger partial charge < -0.3 is 10.2 Å². The quantitative estimate of drug-likeness (QED) is 0.736. The fourth-order valence-electron chi connectivity index (χ4n) is 1.90. The van der Waals surface area contributed by atoms with Gasteiger partial charge in [0.05, 0.1) is 10.0 Å². The topological polar surface area (TPSA) is 15.3 Å². The van der Waals surface area contributed by atoms with Crippen LogP contribution >= 0.6 is 35.4 Å². The summed E-state index contributed by atoms with van der Waals surface area (Å²) in [5.41, 5.74) is 0.863. The van der Waals surface area contributed by atoms with Crippen molar-refractivity contribution in [2.24, 2.45) is 11.8 Å². The van der Waals surface area contributed by atoms with Crippen LogP contribution in [0, 0.1) is 11.8 Å². The second-order valence-electron chi connectivity index (χ2n) is 5.75. The zero-order valence-corrected chi connectivity index (χ0v) is 14.7. The van der Waals surface area contributed by atoms with Crippen LogP contribution in [0.1, 0.15) is 27.7 Å². The molecule has 0 amide bonds. The summed E-state index contributed by atoms with van der Waals surface area (Å²) in [6.45, 7) is 10.6. The molecule has 0 bridgehead atoms. The molecule has 0 aliphatic heterocycles. The molecule has 0 saturated heterocycles. The zero-order chi connectivity index (χ0) is 15.3. The van der Waals surface area contributed by atoms with Gasteiger partial charge in [-0.15, -0.1) is 0 Å². The zero-order valence-electron chi connectivity index (χ0n) is 12.4. The van der Waals surface area contributed by atoms with Gasteiger partial charge in [-0.1, -0.05) is 50.9 Å². The third-order valence-electron chi connectivity index (χ3n) is 2.63. The van der Waals surface area contributed by atoms with Crippen LogP contribution in [0.5, 0.6) is 0 Å². The average Bonchev–Trinajstić information content (AvgIpc) is 2.32. The summed E-state index contributed by atoms with van der Waals surface area (Å²) in [5, 5.41) is 5.03. The molecule has 5 heteroatoms. The van der Waals surface area contributed by atoms with Crippen molar-refractivity contribution in [3.63, 3.8) is 0 Å². The predicted molar refractivity (Wildman–Crippen MR) is 93.9 cm³/mol. The van der Waals surface area contributed by atoms with Gasteiger partial charge in [0.1, 0.15) is 0 Å². The van der Waals surface area contributed by atoms with Crippen LogP contribution in [0.25, 0.3) is 0 Å². The maximum absolute atomic E-state index is 6.02. The van der Waals surface area contributed by atoms with E-state index in [9.17, 15) is 0 Å². The number of thiocarbonyl (C=S) groups is 1. The molecule has 0 aliphatic carbocycles. The minimum atomic E-state index is 0.527. The molecule has 1 N–H and O–H groups in total. The Hall–Kier alpha value is -0.510. The number of benzene rings is 1. The molecule has 20 heavy (non-hydrogen) atoms. The van der Waals surface area contributed by atoms with Crippen LogP contribution in [0.2, 0.25) is 10.0 Å². The number of anilines is 1. The molecule has 0 heterocycles. The number of rotatable bonds is 5. The van der Waals surface area contributed by atoms with Crippen LogP contribution in [-0.2, 0) is 0 Å². The van der Waals surface area contributed by atoms with Gasteiger partial charge in [0.25, 0.3) is 0 Å². The molecular weight excluding hydrogens is 311 g/mol. The second kappa shape index (κ2) is 8.06. The first-order chi connectivity index (χ1) is 9.29. The summed E-state index contributed by atoms with van der Waals surface area (Å²) < 4.78 is 0. The van der Waals surface area contributed by atoms with Gasteiger partial charge in [0, 0.05) is 18.8 Å². The molecule has 1 rings (SSSR count). The van der Waals surface area contributed by atoms with Gasteiger partial charge in [-0.25, -0.2) is 0 Å². The molecule has 0 unspecified atom stereocenters. The molecule has 0 spiro atoms. The number of hydrogen-bond donors (Lipinski definition) is 1. The van der Waals surface area contributed by atoms with E-state index in [4.69, 9.17) is 35.4 Å². The normalized spacial score (nSPS) is 11.0. The van der Waals surface area contributed by atoms with E-state index in [0.29, 0.717) is 21.9 Å². The number of nitrogens with one attached hydrogen (secondary N) is 1. The standard InChI is InChI=1S/C15H22Cl2N2S/c1-10(2)8-19(9-11(3)4)15(20)18-12-5-6-13(16)14(17)7-12/h5-7,10-11H,8-9H2,1-4H3,(H,18,20). The Balaban J connectivity index is 2.76. The van der Waals surface area contributed by atoms with Gasteiger partial charge in [0.15, 0.2) is 5.11 Å². The molecule has 0 aliphatic rings. The van der Waals surface area contributed by atoms with Crippen LogP contribution in [0.3, 0.4) is 0 Å². The van der Waals surface area contributed by atoms with Crippen molar-refractivity contribution in [2.75, 3.05) is 18.4 Å². The first-order valence-electron chi connectivity index (χ1n) is 6.80. The lowest BCUT2D eigenvalue weighted by molar-refractivity contribution is 0.332. The summed E-state index contributed by atoms with van der Waals surface area (Å²) in [7, 11) is 0. The lowest BCUT2D eigenvalue weighted by Crippen LogP contribution is -2.39. The Kier molecular flexibility index (Phi) is 7.07. The Bertz CT molecular complexity index is 451. The summed E-state index contributed by atoms with van der Waals surface area (Å²) in [4.78, 5) is 2.20. The highest BCUT2D eigenvalue weighted by Crippen LogP contribution is 2.25. The SMILES string of the molecule is CC(C)CN(CC(C)C)C(=S)Nc1ccc(Cl)c(Cl)c1. The van der Waals surface area contributed by atoms with Crippen molar-refractivity contribution >= 4 is 46.2 Å². The molecule has 2 nitrogen and oxygen atoms in total. The van der Waals surface area contributed by atoms with Crippen LogP contribution in [0.15, 0.2) is 18.2 Å². The van der Waals surface area contributed by atoms with Crippen molar-refractivity contribution < 1.29 is 0 Å². The minimum Gasteiger partial charge on any atom is -0.349 e. The highest BCUT2D eigenvalue weighted by atomic mass is 35.5. The summed E-state index contributed by atoms with van der Waals surface area (Å²) >= 11 is 17.4. The fraction of sp³-hybridized carbons (Fsp3) is 0.533. The van der Waals surface area contributed by atoms with Crippen molar-refractivity contribution in [1.29, 1.82) is 0 Å². The van der Waals surface area contributed by atoms with Gasteiger partial charge in [-0.2, -0.15) is 0 Å². The van der Waals surface area contributed by atoms with Gasteiger partial charge in [0.2, 0.25) is 0 Å². The van der Waals surface area contributed by atoms with E-state index < -0.39 is 0 Å². The molecule has 1 aromatic rings. The number of halogens is 2. The maximum atomic E-state index is 6.02. The van der Waals surface area contributed by atoms with Crippen molar-refractivity contribution in [2.45, 2.75) is 27.7 Å². The molecule has 112 valence electrons. The molecule has 0 atom stereocenters. The first kappa shape index (κ1) is 17.5. The number of hydrogen-bond acceptors (Lipinski definition) is 1. The van der Waals surface area contributed by atoms with E-state index in [1.165, 1.54) is 0 Å². The Morgan fingerprint density at radius 2 is 1.65 bits per heavy atom. The van der Waals surface area contributed by atoms with Gasteiger partial charge in [-0.3, -0.25) is 0 Å². The summed E-state index contributed by atoms with van der Waals surface area (Å²) in [6, 6.07) is 5.44. The molecular formula is C15H22Cl2N2S. The monoisotopic (exact) mass is 332 g/mol. The van der Waals surface area contributed by atoms with Crippen LogP contribution in [0.4, 0.5) is 5.69 Å². The van der Waals surface area contributed by atoms with E-state index in [0.717, 1.165) is 23.9 Å². The predicted octanol–water partition coefficient (Wildman–Crippen LogP) is 5.30. The molecule has 0 aromatic heterocycles. The summed E-state index contributed by atoms with van der Waals surface area (Å²) in [5.74, 6) is 1.12. The van der Waals surface area contributed by atoms with E-state index >= 15 is 0 Å². The fourth-order valence-corrected chi connectivity index (χ4v) is 2.46. The number of nitrogens with zero attached hydrogens (tertiary/aromatic N) is 1. The lowest BCUT2D eigenvalue weighted by Gasteiger charge is -2.29. The maximum Gasteiger partial charge on any atom is 0.173 e. The Morgan fingerprint density at radius 3 is 2.10 bits per heavy atom. The van der Waals surface area contributed by atoms with Gasteiger partial charge in [-0.05, 0) is 42.3 Å². The molecule has 1 aromatic carbocycles.